The number of amides is 1. The van der Waals surface area contributed by atoms with Crippen molar-refractivity contribution >= 4 is 33.0 Å². The van der Waals surface area contributed by atoms with Crippen LogP contribution in [0, 0.1) is 12.8 Å². The van der Waals surface area contributed by atoms with Gasteiger partial charge in [0, 0.05) is 22.7 Å². The molecule has 1 saturated heterocycles. The maximum absolute atomic E-state index is 12.8. The third-order valence-electron chi connectivity index (χ3n) is 4.19. The van der Waals surface area contributed by atoms with Crippen LogP contribution in [0.5, 0.6) is 0 Å². The number of hydrogen-bond acceptors (Lipinski definition) is 3. The lowest BCUT2D eigenvalue weighted by molar-refractivity contribution is 0.0749. The number of benzene rings is 1. The average Bonchev–Trinajstić information content (AvgIpc) is 2.91. The van der Waals surface area contributed by atoms with Gasteiger partial charge in [-0.15, -0.1) is 11.3 Å². The van der Waals surface area contributed by atoms with Crippen LogP contribution in [0.4, 0.5) is 5.69 Å². The molecule has 3 nitrogen and oxygen atoms in total. The number of carbonyl (C=O) groups excluding carboxylic acids is 1. The molecule has 2 atom stereocenters. The lowest BCUT2D eigenvalue weighted by Crippen LogP contribution is -2.33. The van der Waals surface area contributed by atoms with Crippen LogP contribution in [0.15, 0.2) is 18.2 Å². The summed E-state index contributed by atoms with van der Waals surface area (Å²) in [6, 6.07) is 6.37. The summed E-state index contributed by atoms with van der Waals surface area (Å²) >= 11 is 1.53. The van der Waals surface area contributed by atoms with Crippen molar-refractivity contribution in [2.75, 3.05) is 12.3 Å². The smallest absolute Gasteiger partial charge is 0.266 e. The Hall–Kier alpha value is -1.55. The molecule has 0 spiro atoms. The van der Waals surface area contributed by atoms with Gasteiger partial charge in [-0.25, -0.2) is 0 Å². The summed E-state index contributed by atoms with van der Waals surface area (Å²) in [6.07, 6.45) is 1.08. The van der Waals surface area contributed by atoms with E-state index in [1.54, 1.807) is 0 Å². The van der Waals surface area contributed by atoms with Gasteiger partial charge >= 0.3 is 0 Å². The van der Waals surface area contributed by atoms with Crippen LogP contribution in [0.1, 0.15) is 35.5 Å². The predicted molar refractivity (Wildman–Crippen MR) is 85.3 cm³/mol. The van der Waals surface area contributed by atoms with Crippen molar-refractivity contribution < 1.29 is 4.79 Å². The van der Waals surface area contributed by atoms with Gasteiger partial charge in [-0.3, -0.25) is 4.79 Å². The van der Waals surface area contributed by atoms with Crippen LogP contribution in [-0.2, 0) is 0 Å². The molecule has 2 aromatic rings. The van der Waals surface area contributed by atoms with Crippen LogP contribution in [0.25, 0.3) is 10.1 Å². The Labute approximate surface area is 123 Å². The topological polar surface area (TPSA) is 46.3 Å². The zero-order valence-corrected chi connectivity index (χ0v) is 13.0. The minimum Gasteiger partial charge on any atom is -0.397 e. The van der Waals surface area contributed by atoms with Crippen LogP contribution in [0.3, 0.4) is 0 Å². The molecule has 1 aromatic carbocycles. The lowest BCUT2D eigenvalue weighted by Gasteiger charge is -2.20. The highest BCUT2D eigenvalue weighted by molar-refractivity contribution is 7.21. The molecular formula is C16H20N2OS. The Morgan fingerprint density at radius 2 is 2.15 bits per heavy atom. The minimum atomic E-state index is 0.0972. The zero-order chi connectivity index (χ0) is 14.4. The molecule has 2 N–H and O–H groups in total. The number of thiophene rings is 1. The number of carbonyl (C=O) groups is 1. The molecule has 0 saturated carbocycles. The Morgan fingerprint density at radius 3 is 2.75 bits per heavy atom. The number of aryl methyl sites for hydroxylation is 1. The summed E-state index contributed by atoms with van der Waals surface area (Å²) in [5.41, 5.74) is 8.04. The van der Waals surface area contributed by atoms with E-state index in [1.165, 1.54) is 16.9 Å². The summed E-state index contributed by atoms with van der Waals surface area (Å²) < 4.78 is 1.13. The number of likely N-dealkylation sites (tertiary alicyclic amines) is 1. The number of hydrogen-bond donors (Lipinski definition) is 1. The molecule has 1 aromatic heterocycles. The monoisotopic (exact) mass is 288 g/mol. The normalized spacial score (nSPS) is 22.6. The van der Waals surface area contributed by atoms with Crippen molar-refractivity contribution in [3.05, 3.63) is 28.6 Å². The van der Waals surface area contributed by atoms with Gasteiger partial charge in [0.05, 0.1) is 5.69 Å². The fourth-order valence-electron chi connectivity index (χ4n) is 3.15. The fourth-order valence-corrected chi connectivity index (χ4v) is 4.30. The largest absolute Gasteiger partial charge is 0.397 e. The van der Waals surface area contributed by atoms with Crippen molar-refractivity contribution in [3.8, 4) is 0 Å². The number of nitrogen functional groups attached to an aromatic ring is 1. The van der Waals surface area contributed by atoms with Crippen molar-refractivity contribution in [3.63, 3.8) is 0 Å². The molecule has 3 rings (SSSR count). The molecule has 2 heterocycles. The van der Waals surface area contributed by atoms with Gasteiger partial charge in [0.25, 0.3) is 5.91 Å². The molecule has 1 fully saturated rings. The predicted octanol–water partition coefficient (Wildman–Crippen LogP) is 3.66. The fraction of sp³-hybridized carbons (Fsp3) is 0.438. The number of rotatable bonds is 1. The molecule has 1 aliphatic rings. The summed E-state index contributed by atoms with van der Waals surface area (Å²) in [4.78, 5) is 15.4. The van der Waals surface area contributed by atoms with Gasteiger partial charge < -0.3 is 10.6 Å². The first-order chi connectivity index (χ1) is 9.49. The van der Waals surface area contributed by atoms with Crippen LogP contribution < -0.4 is 5.73 Å². The molecule has 4 heteroatoms. The number of fused-ring (bicyclic) bond motifs is 1. The minimum absolute atomic E-state index is 0.0972. The molecule has 0 aliphatic carbocycles. The summed E-state index contributed by atoms with van der Waals surface area (Å²) in [7, 11) is 0. The highest BCUT2D eigenvalue weighted by Crippen LogP contribution is 2.37. The highest BCUT2D eigenvalue weighted by atomic mass is 32.1. The van der Waals surface area contributed by atoms with E-state index < -0.39 is 0 Å². The zero-order valence-electron chi connectivity index (χ0n) is 12.1. The molecule has 106 valence electrons. The second-order valence-corrected chi connectivity index (χ2v) is 6.96. The third kappa shape index (κ3) is 1.99. The van der Waals surface area contributed by atoms with Crippen molar-refractivity contribution in [2.45, 2.75) is 33.2 Å². The molecule has 1 aliphatic heterocycles. The Morgan fingerprint density at radius 1 is 1.40 bits per heavy atom. The first kappa shape index (κ1) is 13.4. The van der Waals surface area contributed by atoms with Gasteiger partial charge in [-0.05, 0) is 31.7 Å². The second-order valence-electron chi connectivity index (χ2n) is 5.94. The first-order valence-corrected chi connectivity index (χ1v) is 7.89. The van der Waals surface area contributed by atoms with Crippen molar-refractivity contribution in [2.24, 2.45) is 5.92 Å². The summed E-state index contributed by atoms with van der Waals surface area (Å²) in [5.74, 6) is 0.672. The Kier molecular flexibility index (Phi) is 3.21. The summed E-state index contributed by atoms with van der Waals surface area (Å²) in [6.45, 7) is 7.22. The molecule has 20 heavy (non-hydrogen) atoms. The lowest BCUT2D eigenvalue weighted by atomic mass is 10.1. The van der Waals surface area contributed by atoms with E-state index in [9.17, 15) is 4.79 Å². The second kappa shape index (κ2) is 4.77. The number of nitrogens with zero attached hydrogens (tertiary/aromatic N) is 1. The number of nitrogens with two attached hydrogens (primary N) is 1. The quantitative estimate of drug-likeness (QED) is 0.870. The van der Waals surface area contributed by atoms with E-state index in [1.807, 2.05) is 17.0 Å². The molecule has 0 radical (unpaired) electrons. The van der Waals surface area contributed by atoms with Crippen LogP contribution >= 0.6 is 11.3 Å². The maximum Gasteiger partial charge on any atom is 0.266 e. The summed E-state index contributed by atoms with van der Waals surface area (Å²) in [5, 5.41) is 1.01. The first-order valence-electron chi connectivity index (χ1n) is 7.07. The van der Waals surface area contributed by atoms with Gasteiger partial charge in [-0.2, -0.15) is 0 Å². The van der Waals surface area contributed by atoms with Gasteiger partial charge in [-0.1, -0.05) is 25.1 Å². The van der Waals surface area contributed by atoms with Crippen molar-refractivity contribution in [1.82, 2.24) is 4.90 Å². The highest BCUT2D eigenvalue weighted by Gasteiger charge is 2.32. The molecule has 2 unspecified atom stereocenters. The standard InChI is InChI=1S/C16H20N2OS/c1-9-7-11(3)18(8-9)16(19)15-13(17)12-6-4-5-10(2)14(12)20-15/h4-6,9,11H,7-8,17H2,1-3H3. The number of anilines is 1. The van der Waals surface area contributed by atoms with E-state index in [2.05, 4.69) is 26.8 Å². The van der Waals surface area contributed by atoms with Crippen LogP contribution in [-0.4, -0.2) is 23.4 Å². The van der Waals surface area contributed by atoms with E-state index >= 15 is 0 Å². The van der Waals surface area contributed by atoms with E-state index in [4.69, 9.17) is 5.73 Å². The molecule has 0 bridgehead atoms. The molecule has 1 amide bonds. The van der Waals surface area contributed by atoms with Gasteiger partial charge in [0.15, 0.2) is 0 Å². The Bertz CT molecular complexity index is 676. The SMILES string of the molecule is Cc1cccc2c(N)c(C(=O)N3CC(C)CC3C)sc12. The van der Waals surface area contributed by atoms with Crippen LogP contribution in [0.2, 0.25) is 0 Å². The van der Waals surface area contributed by atoms with Gasteiger partial charge in [0.2, 0.25) is 0 Å². The van der Waals surface area contributed by atoms with E-state index in [-0.39, 0.29) is 5.91 Å². The van der Waals surface area contributed by atoms with E-state index in [0.717, 1.165) is 23.1 Å². The maximum atomic E-state index is 12.8. The third-order valence-corrected chi connectivity index (χ3v) is 5.53. The molecular weight excluding hydrogens is 268 g/mol. The van der Waals surface area contributed by atoms with Crippen molar-refractivity contribution in [1.29, 1.82) is 0 Å². The van der Waals surface area contributed by atoms with Gasteiger partial charge in [0.1, 0.15) is 4.88 Å². The van der Waals surface area contributed by atoms with E-state index in [0.29, 0.717) is 22.5 Å². The Balaban J connectivity index is 2.04. The average molecular weight is 288 g/mol.